The van der Waals surface area contributed by atoms with E-state index in [9.17, 15) is 22.4 Å². The van der Waals surface area contributed by atoms with Crippen LogP contribution in [0.4, 0.5) is 17.6 Å². The molecule has 0 spiro atoms. The number of likely N-dealkylation sites (N-methyl/N-ethyl adjacent to an activating group) is 1. The Morgan fingerprint density at radius 3 is 2.48 bits per heavy atom. The topological polar surface area (TPSA) is 38.1 Å². The number of hydrogen-bond acceptors (Lipinski definition) is 2. The SMILES string of the molecule is CCN(CCC(F)(F)F)C(=O)/C=C/c1c(C)nn(-c2ccc(F)cc2)c1Cl. The van der Waals surface area contributed by atoms with E-state index in [-0.39, 0.29) is 11.7 Å². The summed E-state index contributed by atoms with van der Waals surface area (Å²) in [5.41, 5.74) is 1.52. The molecule has 146 valence electrons. The Balaban J connectivity index is 2.18. The molecular weight excluding hydrogens is 386 g/mol. The molecular formula is C18H18ClF4N3O. The number of amides is 1. The van der Waals surface area contributed by atoms with Crippen LogP contribution < -0.4 is 0 Å². The van der Waals surface area contributed by atoms with E-state index in [1.165, 1.54) is 41.1 Å². The average Bonchev–Trinajstić information content (AvgIpc) is 2.87. The fourth-order valence-electron chi connectivity index (χ4n) is 2.40. The van der Waals surface area contributed by atoms with Crippen molar-refractivity contribution in [1.29, 1.82) is 0 Å². The summed E-state index contributed by atoms with van der Waals surface area (Å²) in [6.45, 7) is 3.02. The van der Waals surface area contributed by atoms with Gasteiger partial charge in [-0.2, -0.15) is 18.3 Å². The summed E-state index contributed by atoms with van der Waals surface area (Å²) in [6.07, 6.45) is -2.80. The molecule has 1 aromatic heterocycles. The van der Waals surface area contributed by atoms with Gasteiger partial charge in [0.15, 0.2) is 0 Å². The van der Waals surface area contributed by atoms with Gasteiger partial charge in [-0.1, -0.05) is 11.6 Å². The quantitative estimate of drug-likeness (QED) is 0.514. The van der Waals surface area contributed by atoms with Crippen molar-refractivity contribution in [3.05, 3.63) is 52.6 Å². The van der Waals surface area contributed by atoms with Crippen molar-refractivity contribution >= 4 is 23.6 Å². The van der Waals surface area contributed by atoms with Gasteiger partial charge in [-0.25, -0.2) is 9.07 Å². The lowest BCUT2D eigenvalue weighted by atomic mass is 10.2. The maximum atomic E-state index is 13.1. The zero-order chi connectivity index (χ0) is 20.2. The molecule has 2 rings (SSSR count). The molecule has 4 nitrogen and oxygen atoms in total. The number of carbonyl (C=O) groups is 1. The summed E-state index contributed by atoms with van der Waals surface area (Å²) >= 11 is 6.30. The number of alkyl halides is 3. The summed E-state index contributed by atoms with van der Waals surface area (Å²) in [4.78, 5) is 13.3. The Labute approximate surface area is 159 Å². The number of aryl methyl sites for hydroxylation is 1. The van der Waals surface area contributed by atoms with Gasteiger partial charge >= 0.3 is 6.18 Å². The third-order valence-corrected chi connectivity index (χ3v) is 4.23. The molecule has 0 saturated heterocycles. The van der Waals surface area contributed by atoms with E-state index in [1.54, 1.807) is 13.8 Å². The predicted molar refractivity (Wildman–Crippen MR) is 95.2 cm³/mol. The minimum Gasteiger partial charge on any atom is -0.339 e. The second kappa shape index (κ2) is 8.56. The fourth-order valence-corrected chi connectivity index (χ4v) is 2.73. The third-order valence-electron chi connectivity index (χ3n) is 3.87. The van der Waals surface area contributed by atoms with Gasteiger partial charge in [-0.05, 0) is 44.2 Å². The van der Waals surface area contributed by atoms with Crippen molar-refractivity contribution in [2.45, 2.75) is 26.4 Å². The van der Waals surface area contributed by atoms with Crippen molar-refractivity contribution in [1.82, 2.24) is 14.7 Å². The first-order valence-electron chi connectivity index (χ1n) is 8.17. The number of halogens is 5. The fraction of sp³-hybridized carbons (Fsp3) is 0.333. The molecule has 0 saturated carbocycles. The summed E-state index contributed by atoms with van der Waals surface area (Å²) in [5, 5.41) is 4.47. The molecule has 27 heavy (non-hydrogen) atoms. The highest BCUT2D eigenvalue weighted by Crippen LogP contribution is 2.25. The van der Waals surface area contributed by atoms with Gasteiger partial charge in [0, 0.05) is 24.7 Å². The summed E-state index contributed by atoms with van der Waals surface area (Å²) in [6, 6.07) is 5.54. The molecule has 0 radical (unpaired) electrons. The van der Waals surface area contributed by atoms with Crippen molar-refractivity contribution < 1.29 is 22.4 Å². The van der Waals surface area contributed by atoms with Gasteiger partial charge in [0.2, 0.25) is 5.91 Å². The van der Waals surface area contributed by atoms with Crippen LogP contribution in [0.1, 0.15) is 24.6 Å². The second-order valence-corrected chi connectivity index (χ2v) is 6.15. The Morgan fingerprint density at radius 2 is 1.93 bits per heavy atom. The zero-order valence-electron chi connectivity index (χ0n) is 14.7. The lowest BCUT2D eigenvalue weighted by molar-refractivity contribution is -0.143. The zero-order valence-corrected chi connectivity index (χ0v) is 15.5. The molecule has 0 bridgehead atoms. The van der Waals surface area contributed by atoms with Gasteiger partial charge in [-0.3, -0.25) is 4.79 Å². The van der Waals surface area contributed by atoms with Crippen LogP contribution in [0.3, 0.4) is 0 Å². The number of hydrogen-bond donors (Lipinski definition) is 0. The molecule has 0 fully saturated rings. The first kappa shape index (κ1) is 21.0. The van der Waals surface area contributed by atoms with Crippen molar-refractivity contribution in [2.75, 3.05) is 13.1 Å². The lowest BCUT2D eigenvalue weighted by Crippen LogP contribution is -2.32. The smallest absolute Gasteiger partial charge is 0.339 e. The lowest BCUT2D eigenvalue weighted by Gasteiger charge is -2.19. The normalized spacial score (nSPS) is 12.0. The Bertz CT molecular complexity index is 828. The number of nitrogens with zero attached hydrogens (tertiary/aromatic N) is 3. The minimum atomic E-state index is -4.33. The molecule has 2 aromatic rings. The summed E-state index contributed by atoms with van der Waals surface area (Å²) in [7, 11) is 0. The molecule has 1 amide bonds. The van der Waals surface area contributed by atoms with Gasteiger partial charge in [0.1, 0.15) is 11.0 Å². The highest BCUT2D eigenvalue weighted by molar-refractivity contribution is 6.31. The monoisotopic (exact) mass is 403 g/mol. The predicted octanol–water partition coefficient (Wildman–Crippen LogP) is 4.79. The van der Waals surface area contributed by atoms with Crippen LogP contribution in [0, 0.1) is 12.7 Å². The highest BCUT2D eigenvalue weighted by Gasteiger charge is 2.28. The molecule has 0 aliphatic heterocycles. The molecule has 1 heterocycles. The van der Waals surface area contributed by atoms with Gasteiger partial charge in [0.05, 0.1) is 17.8 Å². The molecule has 1 aromatic carbocycles. The molecule has 0 unspecified atom stereocenters. The summed E-state index contributed by atoms with van der Waals surface area (Å²) < 4.78 is 51.5. The van der Waals surface area contributed by atoms with E-state index < -0.39 is 30.9 Å². The van der Waals surface area contributed by atoms with Crippen LogP contribution in [-0.2, 0) is 4.79 Å². The standard InChI is InChI=1S/C18H18ClF4N3O/c1-3-25(11-10-18(21,22)23)16(27)9-8-15-12(2)24-26(17(15)19)14-6-4-13(20)5-7-14/h4-9H,3,10-11H2,1-2H3/b9-8+. The maximum absolute atomic E-state index is 13.1. The number of aromatic nitrogens is 2. The van der Waals surface area contributed by atoms with Crippen molar-refractivity contribution in [3.63, 3.8) is 0 Å². The molecule has 0 atom stereocenters. The van der Waals surface area contributed by atoms with Crippen LogP contribution in [0.5, 0.6) is 0 Å². The molecule has 0 aliphatic carbocycles. The number of rotatable bonds is 6. The molecule has 9 heteroatoms. The maximum Gasteiger partial charge on any atom is 0.390 e. The van der Waals surface area contributed by atoms with Crippen LogP contribution >= 0.6 is 11.6 Å². The first-order chi connectivity index (χ1) is 12.6. The largest absolute Gasteiger partial charge is 0.390 e. The third kappa shape index (κ3) is 5.56. The Kier molecular flexibility index (Phi) is 6.64. The van der Waals surface area contributed by atoms with Crippen LogP contribution in [0.15, 0.2) is 30.3 Å². The number of benzene rings is 1. The van der Waals surface area contributed by atoms with Crippen molar-refractivity contribution in [2.24, 2.45) is 0 Å². The number of carbonyl (C=O) groups excluding carboxylic acids is 1. The van der Waals surface area contributed by atoms with Crippen LogP contribution in [0.2, 0.25) is 5.15 Å². The van der Waals surface area contributed by atoms with E-state index in [4.69, 9.17) is 11.6 Å². The van der Waals surface area contributed by atoms with Crippen LogP contribution in [-0.4, -0.2) is 39.9 Å². The Hall–Kier alpha value is -2.35. The van der Waals surface area contributed by atoms with Gasteiger partial charge < -0.3 is 4.90 Å². The van der Waals surface area contributed by atoms with E-state index in [1.807, 2.05) is 0 Å². The van der Waals surface area contributed by atoms with Crippen LogP contribution in [0.25, 0.3) is 11.8 Å². The molecule has 0 N–H and O–H groups in total. The van der Waals surface area contributed by atoms with Gasteiger partial charge in [0.25, 0.3) is 0 Å². The second-order valence-electron chi connectivity index (χ2n) is 5.79. The van der Waals surface area contributed by atoms with E-state index in [0.29, 0.717) is 16.9 Å². The first-order valence-corrected chi connectivity index (χ1v) is 8.55. The highest BCUT2D eigenvalue weighted by atomic mass is 35.5. The van der Waals surface area contributed by atoms with E-state index in [2.05, 4.69) is 5.10 Å². The van der Waals surface area contributed by atoms with Gasteiger partial charge in [-0.15, -0.1) is 0 Å². The van der Waals surface area contributed by atoms with E-state index in [0.717, 1.165) is 4.90 Å². The molecule has 0 aliphatic rings. The average molecular weight is 404 g/mol. The summed E-state index contributed by atoms with van der Waals surface area (Å²) in [5.74, 6) is -0.949. The minimum absolute atomic E-state index is 0.154. The van der Waals surface area contributed by atoms with E-state index >= 15 is 0 Å². The Morgan fingerprint density at radius 1 is 1.30 bits per heavy atom. The van der Waals surface area contributed by atoms with Crippen molar-refractivity contribution in [3.8, 4) is 5.69 Å².